The Balaban J connectivity index is 1.69. The van der Waals surface area contributed by atoms with Gasteiger partial charge < -0.3 is 15.0 Å². The van der Waals surface area contributed by atoms with Crippen molar-refractivity contribution in [2.75, 3.05) is 18.4 Å². The van der Waals surface area contributed by atoms with Crippen molar-refractivity contribution in [2.24, 2.45) is 0 Å². The Morgan fingerprint density at radius 1 is 1.28 bits per heavy atom. The van der Waals surface area contributed by atoms with Crippen LogP contribution in [0, 0.1) is 0 Å². The van der Waals surface area contributed by atoms with Gasteiger partial charge in [0.2, 0.25) is 5.95 Å². The molecule has 1 saturated heterocycles. The van der Waals surface area contributed by atoms with Crippen molar-refractivity contribution in [3.63, 3.8) is 0 Å². The molecule has 176 valence electrons. The van der Waals surface area contributed by atoms with Crippen LogP contribution < -0.4 is 5.32 Å². The minimum absolute atomic E-state index is 0.0444. The van der Waals surface area contributed by atoms with E-state index in [0.29, 0.717) is 44.2 Å². The van der Waals surface area contributed by atoms with E-state index in [-0.39, 0.29) is 18.1 Å². The van der Waals surface area contributed by atoms with E-state index >= 15 is 0 Å². The third kappa shape index (κ3) is 5.81. The van der Waals surface area contributed by atoms with E-state index in [1.807, 2.05) is 32.4 Å². The summed E-state index contributed by atoms with van der Waals surface area (Å²) >= 11 is 5.69. The van der Waals surface area contributed by atoms with E-state index in [9.17, 15) is 18.0 Å². The number of ether oxygens (including phenoxy) is 1. The van der Waals surface area contributed by atoms with Crippen molar-refractivity contribution in [2.45, 2.75) is 64.8 Å². The Bertz CT molecular complexity index is 965. The fraction of sp³-hybridized carbons (Fsp3) is 0.600. The second-order valence-corrected chi connectivity index (χ2v) is 8.90. The molecule has 0 aliphatic carbocycles. The van der Waals surface area contributed by atoms with Crippen LogP contribution in [0.1, 0.15) is 57.8 Å². The number of nitrogens with one attached hydrogen (secondary N) is 1. The van der Waals surface area contributed by atoms with Gasteiger partial charge in [0, 0.05) is 25.5 Å². The first-order valence-corrected chi connectivity index (χ1v) is 10.7. The molecule has 12 heteroatoms. The van der Waals surface area contributed by atoms with E-state index in [4.69, 9.17) is 16.3 Å². The van der Waals surface area contributed by atoms with Crippen molar-refractivity contribution in [1.29, 1.82) is 0 Å². The fourth-order valence-corrected chi connectivity index (χ4v) is 3.59. The van der Waals surface area contributed by atoms with Gasteiger partial charge in [-0.15, -0.1) is 0 Å². The zero-order valence-corrected chi connectivity index (χ0v) is 19.1. The lowest BCUT2D eigenvalue weighted by atomic mass is 10.1. The molecule has 0 aromatic carbocycles. The number of rotatable bonds is 4. The molecule has 0 spiro atoms. The van der Waals surface area contributed by atoms with Gasteiger partial charge in [-0.25, -0.2) is 14.8 Å². The maximum Gasteiger partial charge on any atom is 0.420 e. The Morgan fingerprint density at radius 3 is 2.47 bits per heavy atom. The maximum atomic E-state index is 12.9. The minimum Gasteiger partial charge on any atom is -0.444 e. The quantitative estimate of drug-likeness (QED) is 0.611. The van der Waals surface area contributed by atoms with E-state index < -0.39 is 22.5 Å². The second kappa shape index (κ2) is 9.13. The number of nitrogens with zero attached hydrogens (tertiary/aromatic N) is 5. The molecule has 1 amide bonds. The lowest BCUT2D eigenvalue weighted by molar-refractivity contribution is -0.137. The molecular weight excluding hydrogens is 449 g/mol. The van der Waals surface area contributed by atoms with E-state index in [2.05, 4.69) is 20.4 Å². The van der Waals surface area contributed by atoms with Gasteiger partial charge in [-0.3, -0.25) is 4.68 Å². The highest BCUT2D eigenvalue weighted by molar-refractivity contribution is 6.30. The number of anilines is 2. The molecule has 0 radical (unpaired) electrons. The lowest BCUT2D eigenvalue weighted by Crippen LogP contribution is -2.42. The molecule has 1 aliphatic heterocycles. The zero-order chi connectivity index (χ0) is 23.7. The number of alkyl halides is 3. The standard InChI is InChI=1S/C20H26ClF3N6O2/c1-5-14-15(26-17-25-10-13(16(21)27-17)20(22,23)24)11-30(28-14)12-6-8-29(9-7-12)18(31)32-19(2,3)4/h10-12H,5-9H2,1-4H3,(H,25,26,27). The van der Waals surface area contributed by atoms with Crippen LogP contribution in [0.2, 0.25) is 5.15 Å². The van der Waals surface area contributed by atoms with Gasteiger partial charge in [-0.1, -0.05) is 18.5 Å². The summed E-state index contributed by atoms with van der Waals surface area (Å²) in [5.74, 6) is -0.0444. The molecule has 8 nitrogen and oxygen atoms in total. The van der Waals surface area contributed by atoms with Crippen molar-refractivity contribution in [3.05, 3.63) is 28.8 Å². The summed E-state index contributed by atoms with van der Waals surface area (Å²) in [4.78, 5) is 21.4. The third-order valence-electron chi connectivity index (χ3n) is 4.93. The number of carbonyl (C=O) groups excluding carboxylic acids is 1. The molecule has 0 unspecified atom stereocenters. The van der Waals surface area contributed by atoms with Crippen LogP contribution in [-0.4, -0.2) is 49.4 Å². The highest BCUT2D eigenvalue weighted by atomic mass is 35.5. The predicted molar refractivity (Wildman–Crippen MR) is 113 cm³/mol. The largest absolute Gasteiger partial charge is 0.444 e. The number of amides is 1. The number of likely N-dealkylation sites (tertiary alicyclic amines) is 1. The monoisotopic (exact) mass is 474 g/mol. The molecule has 1 N–H and O–H groups in total. The molecule has 1 fully saturated rings. The molecule has 0 saturated carbocycles. The van der Waals surface area contributed by atoms with Crippen LogP contribution in [0.25, 0.3) is 0 Å². The van der Waals surface area contributed by atoms with Crippen LogP contribution >= 0.6 is 11.6 Å². The number of halogens is 4. The van der Waals surface area contributed by atoms with Crippen molar-refractivity contribution >= 4 is 29.3 Å². The van der Waals surface area contributed by atoms with Crippen molar-refractivity contribution in [1.82, 2.24) is 24.6 Å². The average molecular weight is 475 g/mol. The molecule has 2 aromatic rings. The molecule has 3 rings (SSSR count). The highest BCUT2D eigenvalue weighted by Gasteiger charge is 2.35. The Morgan fingerprint density at radius 2 is 1.94 bits per heavy atom. The van der Waals surface area contributed by atoms with Gasteiger partial charge in [-0.05, 0) is 40.0 Å². The van der Waals surface area contributed by atoms with Gasteiger partial charge >= 0.3 is 12.3 Å². The van der Waals surface area contributed by atoms with E-state index in [1.54, 1.807) is 11.1 Å². The second-order valence-electron chi connectivity index (χ2n) is 8.54. The lowest BCUT2D eigenvalue weighted by Gasteiger charge is -2.33. The van der Waals surface area contributed by atoms with Gasteiger partial charge in [-0.2, -0.15) is 18.3 Å². The number of hydrogen-bond donors (Lipinski definition) is 1. The van der Waals surface area contributed by atoms with Crippen molar-refractivity contribution in [3.8, 4) is 0 Å². The first-order valence-electron chi connectivity index (χ1n) is 10.3. The predicted octanol–water partition coefficient (Wildman–Crippen LogP) is 5.22. The summed E-state index contributed by atoms with van der Waals surface area (Å²) in [6.45, 7) is 8.49. The Kier molecular flexibility index (Phi) is 6.87. The summed E-state index contributed by atoms with van der Waals surface area (Å²) in [6.07, 6.45) is -0.520. The zero-order valence-electron chi connectivity index (χ0n) is 18.3. The molecule has 0 atom stereocenters. The maximum absolute atomic E-state index is 12.9. The number of carbonyl (C=O) groups is 1. The summed E-state index contributed by atoms with van der Waals surface area (Å²) in [5.41, 5.74) is -0.319. The van der Waals surface area contributed by atoms with Crippen LogP contribution in [0.15, 0.2) is 12.4 Å². The number of hydrogen-bond acceptors (Lipinski definition) is 6. The topological polar surface area (TPSA) is 85.2 Å². The number of piperidine rings is 1. The van der Waals surface area contributed by atoms with Gasteiger partial charge in [0.1, 0.15) is 16.3 Å². The molecule has 32 heavy (non-hydrogen) atoms. The average Bonchev–Trinajstić information content (AvgIpc) is 3.08. The summed E-state index contributed by atoms with van der Waals surface area (Å²) in [5, 5.41) is 6.85. The fourth-order valence-electron chi connectivity index (χ4n) is 3.35. The summed E-state index contributed by atoms with van der Waals surface area (Å²) in [7, 11) is 0. The summed E-state index contributed by atoms with van der Waals surface area (Å²) in [6, 6.07) is 0.0756. The third-order valence-corrected chi connectivity index (χ3v) is 5.22. The van der Waals surface area contributed by atoms with Gasteiger partial charge in [0.05, 0.1) is 17.4 Å². The minimum atomic E-state index is -4.62. The van der Waals surface area contributed by atoms with E-state index in [0.717, 1.165) is 5.69 Å². The normalized spacial score (nSPS) is 15.7. The van der Waals surface area contributed by atoms with Crippen LogP contribution in [0.3, 0.4) is 0 Å². The van der Waals surface area contributed by atoms with Gasteiger partial charge in [0.25, 0.3) is 0 Å². The number of aromatic nitrogens is 4. The molecule has 1 aliphatic rings. The molecule has 0 bridgehead atoms. The molecule has 2 aromatic heterocycles. The Hall–Kier alpha value is -2.56. The van der Waals surface area contributed by atoms with Crippen LogP contribution in [-0.2, 0) is 17.3 Å². The SMILES string of the molecule is CCc1nn(C2CCN(C(=O)OC(C)(C)C)CC2)cc1Nc1ncc(C(F)(F)F)c(Cl)n1. The smallest absolute Gasteiger partial charge is 0.420 e. The highest BCUT2D eigenvalue weighted by Crippen LogP contribution is 2.34. The van der Waals surface area contributed by atoms with Gasteiger partial charge in [0.15, 0.2) is 0 Å². The van der Waals surface area contributed by atoms with Crippen molar-refractivity contribution < 1.29 is 22.7 Å². The van der Waals surface area contributed by atoms with Crippen LogP contribution in [0.5, 0.6) is 0 Å². The summed E-state index contributed by atoms with van der Waals surface area (Å²) < 4.78 is 45.8. The van der Waals surface area contributed by atoms with E-state index in [1.165, 1.54) is 0 Å². The Labute approximate surface area is 189 Å². The molecular formula is C20H26ClF3N6O2. The van der Waals surface area contributed by atoms with Crippen LogP contribution in [0.4, 0.5) is 29.6 Å². The molecule has 3 heterocycles. The first kappa shape index (κ1) is 24.1. The first-order chi connectivity index (χ1) is 14.9. The number of aryl methyl sites for hydroxylation is 1.